The number of carbonyl (C=O) groups is 2. The van der Waals surface area contributed by atoms with Gasteiger partial charge in [-0.05, 0) is 32.1 Å². The van der Waals surface area contributed by atoms with E-state index in [1.807, 2.05) is 6.92 Å². The number of aliphatic hydroxyl groups is 8. The number of fused-ring (bicyclic) bond motifs is 4. The van der Waals surface area contributed by atoms with E-state index in [0.29, 0.717) is 25.7 Å². The topological polar surface area (TPSA) is 279 Å². The average molecular weight is 925 g/mol. The van der Waals surface area contributed by atoms with Gasteiger partial charge in [0.1, 0.15) is 43.2 Å². The highest BCUT2D eigenvalue weighted by Gasteiger charge is 2.48. The van der Waals surface area contributed by atoms with Gasteiger partial charge in [0.2, 0.25) is 0 Å². The second-order valence-corrected chi connectivity index (χ2v) is 18.6. The number of phosphoric acid groups is 1. The number of phosphoric ester groups is 1. The lowest BCUT2D eigenvalue weighted by molar-refractivity contribution is -0.213. The van der Waals surface area contributed by atoms with Gasteiger partial charge >= 0.3 is 19.8 Å². The fourth-order valence-electron chi connectivity index (χ4n) is 7.69. The molecule has 0 aromatic heterocycles. The van der Waals surface area contributed by atoms with Crippen molar-refractivity contribution in [2.45, 2.75) is 229 Å². The Morgan fingerprint density at radius 1 is 0.810 bits per heavy atom. The Balaban J connectivity index is 2.21. The van der Waals surface area contributed by atoms with Crippen molar-refractivity contribution in [2.75, 3.05) is 13.2 Å². The zero-order valence-electron chi connectivity index (χ0n) is 37.7. The summed E-state index contributed by atoms with van der Waals surface area (Å²) < 4.78 is 40.2. The molecule has 9 N–H and O–H groups in total. The van der Waals surface area contributed by atoms with Crippen LogP contribution in [0.1, 0.15) is 162 Å². The third-order valence-electron chi connectivity index (χ3n) is 11.6. The molecule has 1 fully saturated rings. The normalized spacial score (nSPS) is 33.2. The van der Waals surface area contributed by atoms with E-state index in [1.165, 1.54) is 57.4 Å². The molecule has 17 nitrogen and oxygen atoms in total. The number of unbranched alkanes of at least 4 members (excludes halogenated alkanes) is 14. The number of ether oxygens (including phenoxy) is 3. The smallest absolute Gasteiger partial charge is 0.462 e. The molecule has 0 aromatic carbocycles. The monoisotopic (exact) mass is 925 g/mol. The zero-order chi connectivity index (χ0) is 46.6. The van der Waals surface area contributed by atoms with Crippen LogP contribution >= 0.6 is 7.82 Å². The van der Waals surface area contributed by atoms with Crippen LogP contribution in [0.5, 0.6) is 0 Å². The largest absolute Gasteiger partial charge is 0.472 e. The first-order valence-electron chi connectivity index (χ1n) is 23.5. The summed E-state index contributed by atoms with van der Waals surface area (Å²) in [5, 5.41) is 89.1. The predicted molar refractivity (Wildman–Crippen MR) is 234 cm³/mol. The Morgan fingerprint density at radius 2 is 1.40 bits per heavy atom. The van der Waals surface area contributed by atoms with Gasteiger partial charge < -0.3 is 60.0 Å². The van der Waals surface area contributed by atoms with E-state index in [2.05, 4.69) is 6.92 Å². The van der Waals surface area contributed by atoms with Gasteiger partial charge in [-0.25, -0.2) is 4.57 Å². The number of esters is 2. The van der Waals surface area contributed by atoms with E-state index < -0.39 is 113 Å². The van der Waals surface area contributed by atoms with Crippen molar-refractivity contribution >= 4 is 19.8 Å². The molecule has 0 aromatic rings. The Kier molecular flexibility index (Phi) is 29.8. The molecule has 2 aliphatic heterocycles. The summed E-state index contributed by atoms with van der Waals surface area (Å²) in [4.78, 5) is 36.4. The molecule has 13 atom stereocenters. The van der Waals surface area contributed by atoms with Crippen LogP contribution in [0.15, 0.2) is 24.3 Å². The fraction of sp³-hybridized carbons (Fsp3) is 0.867. The number of carbonyl (C=O) groups excluding carboxylic acids is 2. The van der Waals surface area contributed by atoms with Gasteiger partial charge in [-0.15, -0.1) is 0 Å². The second-order valence-electron chi connectivity index (χ2n) is 17.1. The number of hydrogen-bond acceptors (Lipinski definition) is 16. The molecule has 0 aliphatic carbocycles. The molecule has 2 rings (SSSR count). The van der Waals surface area contributed by atoms with Crippen molar-refractivity contribution in [2.24, 2.45) is 5.92 Å². The maximum absolute atomic E-state index is 13.5. The Morgan fingerprint density at radius 3 is 2.03 bits per heavy atom. The molecule has 0 radical (unpaired) electrons. The summed E-state index contributed by atoms with van der Waals surface area (Å²) in [6.07, 6.45) is 1.71. The van der Waals surface area contributed by atoms with E-state index >= 15 is 0 Å². The quantitative estimate of drug-likeness (QED) is 0.0301. The summed E-state index contributed by atoms with van der Waals surface area (Å²) in [5.41, 5.74) is 0. The number of allylic oxidation sites excluding steroid dienone is 2. The Hall–Kier alpha value is -1.83. The maximum Gasteiger partial charge on any atom is 0.472 e. The lowest BCUT2D eigenvalue weighted by Crippen LogP contribution is -2.58. The summed E-state index contributed by atoms with van der Waals surface area (Å²) in [7, 11) is -5.46. The van der Waals surface area contributed by atoms with E-state index in [-0.39, 0.29) is 25.7 Å². The highest BCUT2D eigenvalue weighted by molar-refractivity contribution is 7.47. The predicted octanol–water partition coefficient (Wildman–Crippen LogP) is 4.94. The highest BCUT2D eigenvalue weighted by Crippen LogP contribution is 2.47. The minimum atomic E-state index is -5.46. The van der Waals surface area contributed by atoms with E-state index in [0.717, 1.165) is 44.6 Å². The van der Waals surface area contributed by atoms with Crippen molar-refractivity contribution in [1.82, 2.24) is 0 Å². The Labute approximate surface area is 374 Å². The van der Waals surface area contributed by atoms with Crippen molar-refractivity contribution in [3.8, 4) is 0 Å². The number of hydrogen-bond donors (Lipinski definition) is 9. The molecule has 18 heteroatoms. The van der Waals surface area contributed by atoms with Crippen molar-refractivity contribution in [3.05, 3.63) is 24.3 Å². The lowest BCUT2D eigenvalue weighted by Gasteiger charge is -2.39. The molecular weight excluding hydrogens is 843 g/mol. The third-order valence-corrected chi connectivity index (χ3v) is 12.6. The molecule has 368 valence electrons. The van der Waals surface area contributed by atoms with Crippen molar-refractivity contribution in [1.29, 1.82) is 0 Å². The van der Waals surface area contributed by atoms with Crippen LogP contribution in [0.25, 0.3) is 0 Å². The van der Waals surface area contributed by atoms with Gasteiger partial charge in [0.05, 0.1) is 24.9 Å². The first-order valence-corrected chi connectivity index (χ1v) is 25.0. The summed E-state index contributed by atoms with van der Waals surface area (Å²) >= 11 is 0. The van der Waals surface area contributed by atoms with Crippen LogP contribution in [-0.2, 0) is 37.4 Å². The third kappa shape index (κ3) is 24.0. The highest BCUT2D eigenvalue weighted by atomic mass is 31.2. The van der Waals surface area contributed by atoms with Crippen LogP contribution in [0.4, 0.5) is 0 Å². The minimum absolute atomic E-state index is 0.105. The van der Waals surface area contributed by atoms with E-state index in [4.69, 9.17) is 23.3 Å². The molecule has 2 aliphatic rings. The molecule has 0 spiro atoms. The zero-order valence-corrected chi connectivity index (χ0v) is 38.5. The fourth-order valence-corrected chi connectivity index (χ4v) is 8.66. The summed E-state index contributed by atoms with van der Waals surface area (Å²) in [6.45, 7) is 2.79. The van der Waals surface area contributed by atoms with Gasteiger partial charge in [0, 0.05) is 25.2 Å². The minimum Gasteiger partial charge on any atom is -0.462 e. The molecule has 63 heavy (non-hydrogen) atoms. The summed E-state index contributed by atoms with van der Waals surface area (Å²) in [5.74, 6) is -2.60. The molecule has 0 saturated carbocycles. The first-order chi connectivity index (χ1) is 30.1. The van der Waals surface area contributed by atoms with Crippen LogP contribution in [0, 0.1) is 5.92 Å². The maximum atomic E-state index is 13.5. The van der Waals surface area contributed by atoms with Crippen LogP contribution in [-0.4, -0.2) is 138 Å². The molecule has 2 heterocycles. The molecule has 1 saturated heterocycles. The van der Waals surface area contributed by atoms with E-state index in [1.54, 1.807) is 12.2 Å². The standard InChI is InChI=1S/C45H81O17P/c1-3-5-7-8-9-10-11-12-13-14-15-16-21-25-37(48)58-30-33-31-59-63(56,57)62-45-43(54)41(52)36(28-27-32(46)23-19-6-4-2)61-39(50)29-35(47)34(40(51)42(53)44(45)55)24-20-17-18-22-26-38(49)60-33/h17,20,27-28,32-36,39-47,50-55H,3-16,18-19,21-26,29-31H2,1-2H3,(H,56,57)/b20-17-,28-27?/t32-,33+,34-,35-,36+,39?,40+,41+,42-,43+,44+,45+/m0/s1. The first kappa shape index (κ1) is 57.3. The average Bonchev–Trinajstić information content (AvgIpc) is 3.24. The molecular formula is C45H81O17P. The number of aliphatic hydroxyl groups excluding tert-OH is 8. The molecule has 2 unspecified atom stereocenters. The van der Waals surface area contributed by atoms with Crippen molar-refractivity contribution < 1.29 is 83.2 Å². The van der Waals surface area contributed by atoms with Gasteiger partial charge in [-0.2, -0.15) is 0 Å². The van der Waals surface area contributed by atoms with Gasteiger partial charge in [-0.1, -0.05) is 134 Å². The molecule has 0 amide bonds. The van der Waals surface area contributed by atoms with E-state index in [9.17, 15) is 59.9 Å². The second kappa shape index (κ2) is 32.8. The summed E-state index contributed by atoms with van der Waals surface area (Å²) in [6, 6.07) is 0. The SMILES string of the molecule is CCCCCCCCCCCCCCCC(=O)OC[C@@H]1COP(=O)(O)O[C@H]2[C@H](O)[C@@H](O)[C@H](O)[C@@H](C/C=C\CCCC(=O)O1)[C@@H](O)CC(O)O[C@H](C=C[C@@H](O)CCCCC)[C@@H](O)[C@H]2O. The molecule has 2 bridgehead atoms. The van der Waals surface area contributed by atoms with Crippen LogP contribution < -0.4 is 0 Å². The van der Waals surface area contributed by atoms with Gasteiger partial charge in [0.15, 0.2) is 12.4 Å². The van der Waals surface area contributed by atoms with Crippen molar-refractivity contribution in [3.63, 3.8) is 0 Å². The lowest BCUT2D eigenvalue weighted by atomic mass is 9.83. The Bertz CT molecular complexity index is 1330. The van der Waals surface area contributed by atoms with Crippen LogP contribution in [0.2, 0.25) is 0 Å². The van der Waals surface area contributed by atoms with Crippen LogP contribution in [0.3, 0.4) is 0 Å². The van der Waals surface area contributed by atoms with Gasteiger partial charge in [0.25, 0.3) is 0 Å². The van der Waals surface area contributed by atoms with Gasteiger partial charge in [-0.3, -0.25) is 18.6 Å². The number of rotatable bonds is 22. The number of cyclic esters (lactones) is 1.